The number of pyridine rings is 2. The average molecular weight is 278 g/mol. The van der Waals surface area contributed by atoms with Gasteiger partial charge in [0.15, 0.2) is 0 Å². The van der Waals surface area contributed by atoms with E-state index in [9.17, 15) is 0 Å². The first kappa shape index (κ1) is 13.5. The van der Waals surface area contributed by atoms with Crippen LogP contribution in [0, 0.1) is 0 Å². The predicted molar refractivity (Wildman–Crippen MR) is 85.9 cm³/mol. The van der Waals surface area contributed by atoms with Crippen molar-refractivity contribution in [1.82, 2.24) is 15.3 Å². The number of anilines is 1. The van der Waals surface area contributed by atoms with Crippen molar-refractivity contribution in [3.8, 4) is 0 Å². The fourth-order valence-corrected chi connectivity index (χ4v) is 2.48. The fraction of sp³-hybridized carbons (Fsp3) is 0.176. The number of para-hydroxylation sites is 1. The number of nitrogen functional groups attached to an aromatic ring is 1. The molecule has 106 valence electrons. The van der Waals surface area contributed by atoms with Crippen molar-refractivity contribution in [3.63, 3.8) is 0 Å². The van der Waals surface area contributed by atoms with Gasteiger partial charge >= 0.3 is 0 Å². The van der Waals surface area contributed by atoms with Crippen LogP contribution in [0.1, 0.15) is 24.2 Å². The normalized spacial score (nSPS) is 12.4. The van der Waals surface area contributed by atoms with Crippen LogP contribution in [0.4, 0.5) is 5.69 Å². The van der Waals surface area contributed by atoms with E-state index < -0.39 is 0 Å². The molecule has 2 aromatic heterocycles. The number of nitrogens with zero attached hydrogens (tertiary/aromatic N) is 2. The number of fused-ring (bicyclic) bond motifs is 1. The molecule has 0 amide bonds. The third-order valence-corrected chi connectivity index (χ3v) is 3.52. The number of aromatic nitrogens is 2. The van der Waals surface area contributed by atoms with Gasteiger partial charge in [0.1, 0.15) is 0 Å². The molecule has 3 aromatic rings. The van der Waals surface area contributed by atoms with E-state index in [2.05, 4.69) is 29.4 Å². The minimum atomic E-state index is -0.0479. The second kappa shape index (κ2) is 5.89. The summed E-state index contributed by atoms with van der Waals surface area (Å²) in [5.74, 6) is 0. The minimum absolute atomic E-state index is 0.0479. The topological polar surface area (TPSA) is 63.8 Å². The first-order chi connectivity index (χ1) is 10.3. The minimum Gasteiger partial charge on any atom is -0.398 e. The van der Waals surface area contributed by atoms with Crippen LogP contribution in [0.25, 0.3) is 10.9 Å². The lowest BCUT2D eigenvalue weighted by atomic mass is 10.0. The summed E-state index contributed by atoms with van der Waals surface area (Å²) >= 11 is 0. The van der Waals surface area contributed by atoms with Crippen molar-refractivity contribution in [3.05, 3.63) is 66.1 Å². The largest absolute Gasteiger partial charge is 0.398 e. The summed E-state index contributed by atoms with van der Waals surface area (Å²) in [7, 11) is 0. The first-order valence-corrected chi connectivity index (χ1v) is 7.08. The Morgan fingerprint density at radius 3 is 2.81 bits per heavy atom. The van der Waals surface area contributed by atoms with E-state index >= 15 is 0 Å². The van der Waals surface area contributed by atoms with Crippen molar-refractivity contribution in [1.29, 1.82) is 0 Å². The lowest BCUT2D eigenvalue weighted by Crippen LogP contribution is -2.24. The van der Waals surface area contributed by atoms with Gasteiger partial charge in [0.2, 0.25) is 0 Å². The van der Waals surface area contributed by atoms with Gasteiger partial charge in [0, 0.05) is 29.0 Å². The molecule has 0 saturated heterocycles. The van der Waals surface area contributed by atoms with Crippen molar-refractivity contribution in [2.45, 2.75) is 13.0 Å². The van der Waals surface area contributed by atoms with Crippen LogP contribution in [0.5, 0.6) is 0 Å². The molecule has 4 nitrogen and oxygen atoms in total. The molecule has 0 fully saturated rings. The van der Waals surface area contributed by atoms with Crippen LogP contribution in [0.3, 0.4) is 0 Å². The molecule has 0 spiro atoms. The average Bonchev–Trinajstić information content (AvgIpc) is 2.53. The molecule has 4 heteroatoms. The zero-order chi connectivity index (χ0) is 14.7. The molecular formula is C17H18N4. The molecule has 0 aliphatic rings. The van der Waals surface area contributed by atoms with Crippen LogP contribution in [-0.2, 0) is 0 Å². The van der Waals surface area contributed by atoms with E-state index in [1.807, 2.05) is 30.3 Å². The summed E-state index contributed by atoms with van der Waals surface area (Å²) < 4.78 is 0. The van der Waals surface area contributed by atoms with E-state index in [1.54, 1.807) is 12.4 Å². The van der Waals surface area contributed by atoms with Gasteiger partial charge in [-0.25, -0.2) is 0 Å². The number of hydrogen-bond donors (Lipinski definition) is 2. The Bertz CT molecular complexity index is 754. The third kappa shape index (κ3) is 2.71. The number of nitrogens with two attached hydrogens (primary N) is 1. The summed E-state index contributed by atoms with van der Waals surface area (Å²) in [4.78, 5) is 8.95. The Labute approximate surface area is 124 Å². The highest BCUT2D eigenvalue weighted by atomic mass is 14.9. The zero-order valence-electron chi connectivity index (χ0n) is 12.0. The summed E-state index contributed by atoms with van der Waals surface area (Å²) in [6.45, 7) is 2.90. The maximum absolute atomic E-state index is 6.09. The number of benzene rings is 1. The van der Waals surface area contributed by atoms with Crippen molar-refractivity contribution in [2.24, 2.45) is 0 Å². The Morgan fingerprint density at radius 1 is 1.14 bits per heavy atom. The fourth-order valence-electron chi connectivity index (χ4n) is 2.48. The van der Waals surface area contributed by atoms with Crippen LogP contribution < -0.4 is 11.1 Å². The van der Waals surface area contributed by atoms with E-state index in [0.717, 1.165) is 34.4 Å². The summed E-state index contributed by atoms with van der Waals surface area (Å²) in [5.41, 5.74) is 9.72. The molecule has 1 unspecified atom stereocenters. The van der Waals surface area contributed by atoms with Crippen molar-refractivity contribution >= 4 is 16.6 Å². The maximum Gasteiger partial charge on any atom is 0.0787 e. The standard InChI is InChI=1S/C17H18N4/c1-2-20-17(13-11-19-10-9-14(13)18)16-8-7-12-5-3-4-6-15(12)21-16/h3-11,17,20H,2H2,1H3,(H2,18,19). The van der Waals surface area contributed by atoms with Gasteiger partial charge in [-0.1, -0.05) is 31.2 Å². The quantitative estimate of drug-likeness (QED) is 0.770. The van der Waals surface area contributed by atoms with Gasteiger partial charge < -0.3 is 11.1 Å². The molecule has 0 bridgehead atoms. The second-order valence-corrected chi connectivity index (χ2v) is 4.92. The summed E-state index contributed by atoms with van der Waals surface area (Å²) in [5, 5.41) is 4.57. The third-order valence-electron chi connectivity index (χ3n) is 3.52. The molecule has 21 heavy (non-hydrogen) atoms. The van der Waals surface area contributed by atoms with Crippen molar-refractivity contribution < 1.29 is 0 Å². The molecule has 0 saturated carbocycles. The number of nitrogens with one attached hydrogen (secondary N) is 1. The van der Waals surface area contributed by atoms with Gasteiger partial charge in [-0.05, 0) is 24.7 Å². The van der Waals surface area contributed by atoms with E-state index in [4.69, 9.17) is 10.7 Å². The molecule has 0 radical (unpaired) electrons. The van der Waals surface area contributed by atoms with Gasteiger partial charge in [0.25, 0.3) is 0 Å². The Balaban J connectivity index is 2.09. The second-order valence-electron chi connectivity index (χ2n) is 4.92. The Hall–Kier alpha value is -2.46. The lowest BCUT2D eigenvalue weighted by molar-refractivity contribution is 0.617. The molecule has 1 aromatic carbocycles. The van der Waals surface area contributed by atoms with Crippen LogP contribution in [0.15, 0.2) is 54.9 Å². The molecule has 0 aliphatic heterocycles. The monoisotopic (exact) mass is 278 g/mol. The Morgan fingerprint density at radius 2 is 2.00 bits per heavy atom. The highest BCUT2D eigenvalue weighted by molar-refractivity contribution is 5.78. The summed E-state index contributed by atoms with van der Waals surface area (Å²) in [6, 6.07) is 14.0. The van der Waals surface area contributed by atoms with Crippen molar-refractivity contribution in [2.75, 3.05) is 12.3 Å². The van der Waals surface area contributed by atoms with Crippen LogP contribution in [0.2, 0.25) is 0 Å². The van der Waals surface area contributed by atoms with Crippen LogP contribution in [-0.4, -0.2) is 16.5 Å². The van der Waals surface area contributed by atoms with Crippen LogP contribution >= 0.6 is 0 Å². The molecule has 0 aliphatic carbocycles. The molecule has 3 rings (SSSR count). The first-order valence-electron chi connectivity index (χ1n) is 7.08. The SMILES string of the molecule is CCNC(c1ccc2ccccc2n1)c1cnccc1N. The van der Waals surface area contributed by atoms with Gasteiger partial charge in [-0.15, -0.1) is 0 Å². The summed E-state index contributed by atoms with van der Waals surface area (Å²) in [6.07, 6.45) is 3.51. The van der Waals surface area contributed by atoms with E-state index in [0.29, 0.717) is 0 Å². The van der Waals surface area contributed by atoms with Gasteiger partial charge in [0.05, 0.1) is 17.3 Å². The highest BCUT2D eigenvalue weighted by Gasteiger charge is 2.17. The smallest absolute Gasteiger partial charge is 0.0787 e. The van der Waals surface area contributed by atoms with E-state index in [1.165, 1.54) is 0 Å². The molecule has 2 heterocycles. The van der Waals surface area contributed by atoms with Gasteiger partial charge in [-0.3, -0.25) is 9.97 Å². The van der Waals surface area contributed by atoms with E-state index in [-0.39, 0.29) is 6.04 Å². The molecular weight excluding hydrogens is 260 g/mol. The number of rotatable bonds is 4. The maximum atomic E-state index is 6.09. The molecule has 3 N–H and O–H groups in total. The highest BCUT2D eigenvalue weighted by Crippen LogP contribution is 2.26. The Kier molecular flexibility index (Phi) is 3.79. The zero-order valence-corrected chi connectivity index (χ0v) is 12.0. The number of hydrogen-bond acceptors (Lipinski definition) is 4. The van der Waals surface area contributed by atoms with Gasteiger partial charge in [-0.2, -0.15) is 0 Å². The predicted octanol–water partition coefficient (Wildman–Crippen LogP) is 2.91. The molecule has 1 atom stereocenters. The lowest BCUT2D eigenvalue weighted by Gasteiger charge is -2.19.